The highest BCUT2D eigenvalue weighted by Gasteiger charge is 2.57. The lowest BCUT2D eigenvalue weighted by Gasteiger charge is -2.42. The van der Waals surface area contributed by atoms with Gasteiger partial charge in [0, 0.05) is 32.7 Å². The molecule has 0 aliphatic carbocycles. The molecular formula is C23H35N3O2. The molecule has 0 atom stereocenters. The molecule has 0 N–H and O–H groups in total. The van der Waals surface area contributed by atoms with E-state index >= 15 is 0 Å². The maximum atomic E-state index is 13.4. The third-order valence-corrected chi connectivity index (χ3v) is 5.94. The van der Waals surface area contributed by atoms with Crippen LogP contribution in [0.5, 0.6) is 0 Å². The van der Waals surface area contributed by atoms with Crippen LogP contribution in [0.4, 0.5) is 4.79 Å². The van der Waals surface area contributed by atoms with Gasteiger partial charge >= 0.3 is 6.03 Å². The third-order valence-electron chi connectivity index (χ3n) is 5.94. The number of hydrogen-bond donors (Lipinski definition) is 0. The second kappa shape index (κ2) is 8.64. The zero-order chi connectivity index (χ0) is 20.3. The van der Waals surface area contributed by atoms with Gasteiger partial charge in [0.25, 0.3) is 5.91 Å². The average molecular weight is 386 g/mol. The van der Waals surface area contributed by atoms with Crippen molar-refractivity contribution in [3.63, 3.8) is 0 Å². The summed E-state index contributed by atoms with van der Waals surface area (Å²) < 4.78 is 0. The van der Waals surface area contributed by atoms with Crippen molar-refractivity contribution in [1.82, 2.24) is 14.7 Å². The Labute approximate surface area is 169 Å². The number of likely N-dealkylation sites (tertiary alicyclic amines) is 1. The molecule has 0 bridgehead atoms. The lowest BCUT2D eigenvalue weighted by molar-refractivity contribution is -0.136. The molecule has 1 aromatic carbocycles. The van der Waals surface area contributed by atoms with Crippen molar-refractivity contribution >= 4 is 11.9 Å². The number of amides is 3. The molecule has 28 heavy (non-hydrogen) atoms. The molecule has 5 nitrogen and oxygen atoms in total. The maximum absolute atomic E-state index is 13.4. The Morgan fingerprint density at radius 1 is 0.929 bits per heavy atom. The van der Waals surface area contributed by atoms with Crippen LogP contribution >= 0.6 is 0 Å². The highest BCUT2D eigenvalue weighted by molar-refractivity contribution is 6.07. The fourth-order valence-corrected chi connectivity index (χ4v) is 4.61. The fourth-order valence-electron chi connectivity index (χ4n) is 4.61. The lowest BCUT2D eigenvalue weighted by Crippen LogP contribution is -2.57. The van der Waals surface area contributed by atoms with Gasteiger partial charge in [0.2, 0.25) is 0 Å². The average Bonchev–Trinajstić information content (AvgIpc) is 2.84. The van der Waals surface area contributed by atoms with Crippen molar-refractivity contribution in [3.05, 3.63) is 35.9 Å². The number of carbonyl (C=O) groups excluding carboxylic acids is 2. The standard InChI is InChI=1S/C23H35N3O2/c1-18(2)16-24-14-11-23(12-15-24)21(27)25(17-19(3)4)22(28)26(23)13-10-20-8-6-5-7-9-20/h5-9,18-19H,10-17H2,1-4H3. The number of hydrogen-bond acceptors (Lipinski definition) is 3. The van der Waals surface area contributed by atoms with E-state index in [1.54, 1.807) is 0 Å². The van der Waals surface area contributed by atoms with Crippen LogP contribution in [0.3, 0.4) is 0 Å². The zero-order valence-electron chi connectivity index (χ0n) is 17.9. The van der Waals surface area contributed by atoms with E-state index in [2.05, 4.69) is 44.7 Å². The first-order chi connectivity index (χ1) is 13.3. The summed E-state index contributed by atoms with van der Waals surface area (Å²) >= 11 is 0. The molecule has 3 rings (SSSR count). The van der Waals surface area contributed by atoms with Crippen molar-refractivity contribution in [2.45, 2.75) is 52.5 Å². The Hall–Kier alpha value is -1.88. The molecule has 2 aliphatic heterocycles. The SMILES string of the molecule is CC(C)CN1CCC2(CC1)C(=O)N(CC(C)C)C(=O)N2CCc1ccccc1. The first kappa shape index (κ1) is 20.8. The van der Waals surface area contributed by atoms with E-state index in [0.717, 1.165) is 38.9 Å². The molecule has 3 amide bonds. The monoisotopic (exact) mass is 385 g/mol. The number of nitrogens with zero attached hydrogens (tertiary/aromatic N) is 3. The number of rotatable bonds is 7. The largest absolute Gasteiger partial charge is 0.327 e. The molecule has 0 radical (unpaired) electrons. The van der Waals surface area contributed by atoms with E-state index in [0.29, 0.717) is 19.0 Å². The van der Waals surface area contributed by atoms with Crippen LogP contribution in [0.2, 0.25) is 0 Å². The van der Waals surface area contributed by atoms with Crippen LogP contribution in [0.25, 0.3) is 0 Å². The van der Waals surface area contributed by atoms with Crippen LogP contribution in [-0.2, 0) is 11.2 Å². The van der Waals surface area contributed by atoms with Crippen LogP contribution < -0.4 is 0 Å². The summed E-state index contributed by atoms with van der Waals surface area (Å²) in [6.07, 6.45) is 2.27. The lowest BCUT2D eigenvalue weighted by atomic mass is 9.85. The van der Waals surface area contributed by atoms with E-state index in [9.17, 15) is 9.59 Å². The van der Waals surface area contributed by atoms with Crippen LogP contribution in [0.15, 0.2) is 30.3 Å². The molecule has 5 heteroatoms. The van der Waals surface area contributed by atoms with Gasteiger partial charge in [0.15, 0.2) is 0 Å². The molecule has 0 unspecified atom stereocenters. The summed E-state index contributed by atoms with van der Waals surface area (Å²) in [5.41, 5.74) is 0.561. The summed E-state index contributed by atoms with van der Waals surface area (Å²) in [5.74, 6) is 0.921. The van der Waals surface area contributed by atoms with Gasteiger partial charge in [0.1, 0.15) is 5.54 Å². The molecule has 1 aromatic rings. The van der Waals surface area contributed by atoms with E-state index < -0.39 is 5.54 Å². The van der Waals surface area contributed by atoms with E-state index in [1.807, 2.05) is 23.1 Å². The van der Waals surface area contributed by atoms with Gasteiger partial charge in [-0.3, -0.25) is 9.69 Å². The predicted octanol–water partition coefficient (Wildman–Crippen LogP) is 3.64. The summed E-state index contributed by atoms with van der Waals surface area (Å²) in [7, 11) is 0. The highest BCUT2D eigenvalue weighted by Crippen LogP contribution is 2.38. The van der Waals surface area contributed by atoms with Gasteiger partial charge in [0.05, 0.1) is 0 Å². The maximum Gasteiger partial charge on any atom is 0.327 e. The smallest absolute Gasteiger partial charge is 0.309 e. The summed E-state index contributed by atoms with van der Waals surface area (Å²) in [5, 5.41) is 0. The first-order valence-electron chi connectivity index (χ1n) is 10.7. The second-order valence-electron chi connectivity index (χ2n) is 9.21. The summed E-state index contributed by atoms with van der Waals surface area (Å²) in [6, 6.07) is 10.1. The summed E-state index contributed by atoms with van der Waals surface area (Å²) in [4.78, 5) is 32.5. The Morgan fingerprint density at radius 3 is 2.11 bits per heavy atom. The number of piperidine rings is 1. The van der Waals surface area contributed by atoms with Crippen LogP contribution in [-0.4, -0.2) is 64.9 Å². The van der Waals surface area contributed by atoms with Crippen LogP contribution in [0, 0.1) is 11.8 Å². The molecule has 2 heterocycles. The van der Waals surface area contributed by atoms with Gasteiger partial charge in [-0.15, -0.1) is 0 Å². The van der Waals surface area contributed by atoms with E-state index in [4.69, 9.17) is 0 Å². The van der Waals surface area contributed by atoms with Crippen molar-refractivity contribution < 1.29 is 9.59 Å². The van der Waals surface area contributed by atoms with Gasteiger partial charge in [-0.2, -0.15) is 0 Å². The quantitative estimate of drug-likeness (QED) is 0.673. The second-order valence-corrected chi connectivity index (χ2v) is 9.21. The van der Waals surface area contributed by atoms with Gasteiger partial charge < -0.3 is 9.80 Å². The van der Waals surface area contributed by atoms with Crippen molar-refractivity contribution in [3.8, 4) is 0 Å². The molecule has 2 saturated heterocycles. The molecule has 0 saturated carbocycles. The van der Waals surface area contributed by atoms with E-state index in [1.165, 1.54) is 10.5 Å². The van der Waals surface area contributed by atoms with Crippen molar-refractivity contribution in [2.75, 3.05) is 32.7 Å². The minimum atomic E-state index is -0.645. The highest BCUT2D eigenvalue weighted by atomic mass is 16.2. The molecule has 1 spiro atoms. The molecule has 2 fully saturated rings. The zero-order valence-corrected chi connectivity index (χ0v) is 17.9. The topological polar surface area (TPSA) is 43.9 Å². The first-order valence-corrected chi connectivity index (χ1v) is 10.7. The van der Waals surface area contributed by atoms with Crippen LogP contribution in [0.1, 0.15) is 46.1 Å². The molecule has 0 aromatic heterocycles. The third kappa shape index (κ3) is 4.24. The summed E-state index contributed by atoms with van der Waals surface area (Å²) in [6.45, 7) is 12.5. The minimum Gasteiger partial charge on any atom is -0.309 e. The Balaban J connectivity index is 1.79. The number of carbonyl (C=O) groups is 2. The number of urea groups is 1. The van der Waals surface area contributed by atoms with Crippen molar-refractivity contribution in [2.24, 2.45) is 11.8 Å². The van der Waals surface area contributed by atoms with Gasteiger partial charge in [-0.05, 0) is 36.7 Å². The van der Waals surface area contributed by atoms with Crippen molar-refractivity contribution in [1.29, 1.82) is 0 Å². The van der Waals surface area contributed by atoms with Gasteiger partial charge in [-0.1, -0.05) is 58.0 Å². The fraction of sp³-hybridized carbons (Fsp3) is 0.652. The molecule has 2 aliphatic rings. The Kier molecular flexibility index (Phi) is 6.43. The predicted molar refractivity (Wildman–Crippen MR) is 112 cm³/mol. The van der Waals surface area contributed by atoms with E-state index in [-0.39, 0.29) is 17.9 Å². The molecular weight excluding hydrogens is 350 g/mol. The molecule has 154 valence electrons. The number of imide groups is 1. The number of benzene rings is 1. The Morgan fingerprint density at radius 2 is 1.54 bits per heavy atom. The van der Waals surface area contributed by atoms with Gasteiger partial charge in [-0.25, -0.2) is 4.79 Å². The normalized spacial score (nSPS) is 20.2. The minimum absolute atomic E-state index is 0.0310. The Bertz CT molecular complexity index is 678.